The SMILES string of the molecule is CCc1ccc(-c2ccc(S(=O)(=O)Cl)s2)s1.CCc1ccc(-c2ccc(S(=O)(=O)Cl)s2)s1. The quantitative estimate of drug-likeness (QED) is 0.216. The highest BCUT2D eigenvalue weighted by molar-refractivity contribution is 8.15. The van der Waals surface area contributed by atoms with Crippen molar-refractivity contribution in [2.45, 2.75) is 35.1 Å². The Morgan fingerprint density at radius 1 is 0.562 bits per heavy atom. The van der Waals surface area contributed by atoms with Crippen molar-refractivity contribution < 1.29 is 16.8 Å². The van der Waals surface area contributed by atoms with E-state index in [9.17, 15) is 16.8 Å². The Kier molecular flexibility index (Phi) is 8.65. The number of hydrogen-bond acceptors (Lipinski definition) is 8. The average molecular weight is 586 g/mol. The smallest absolute Gasteiger partial charge is 0.206 e. The average Bonchev–Trinajstić information content (AvgIpc) is 3.52. The third kappa shape index (κ3) is 6.66. The first-order valence-electron chi connectivity index (χ1n) is 9.28. The third-order valence-electron chi connectivity index (χ3n) is 4.15. The van der Waals surface area contributed by atoms with Gasteiger partial charge in [0.05, 0.1) is 0 Å². The van der Waals surface area contributed by atoms with Crippen molar-refractivity contribution in [2.75, 3.05) is 0 Å². The normalized spacial score (nSPS) is 11.9. The molecule has 4 nitrogen and oxygen atoms in total. The summed E-state index contributed by atoms with van der Waals surface area (Å²) >= 11 is 5.78. The molecule has 32 heavy (non-hydrogen) atoms. The van der Waals surface area contributed by atoms with Crippen LogP contribution in [0.1, 0.15) is 23.6 Å². The van der Waals surface area contributed by atoms with E-state index in [4.69, 9.17) is 21.4 Å². The third-order valence-corrected chi connectivity index (χ3v) is 13.4. The summed E-state index contributed by atoms with van der Waals surface area (Å²) in [5.41, 5.74) is 0. The highest BCUT2D eigenvalue weighted by Crippen LogP contribution is 2.37. The Morgan fingerprint density at radius 2 is 0.875 bits per heavy atom. The predicted octanol–water partition coefficient (Wildman–Crippen LogP) is 7.93. The first-order valence-corrected chi connectivity index (χ1v) is 17.2. The van der Waals surface area contributed by atoms with E-state index in [1.54, 1.807) is 46.9 Å². The lowest BCUT2D eigenvalue weighted by Crippen LogP contribution is -1.82. The van der Waals surface area contributed by atoms with Gasteiger partial charge in [0.15, 0.2) is 0 Å². The van der Waals surface area contributed by atoms with Gasteiger partial charge in [-0.2, -0.15) is 0 Å². The van der Waals surface area contributed by atoms with Gasteiger partial charge < -0.3 is 0 Å². The lowest BCUT2D eigenvalue weighted by atomic mass is 10.3. The van der Waals surface area contributed by atoms with Gasteiger partial charge in [-0.05, 0) is 61.4 Å². The van der Waals surface area contributed by atoms with Crippen molar-refractivity contribution in [3.8, 4) is 19.5 Å². The zero-order valence-electron chi connectivity index (χ0n) is 16.9. The summed E-state index contributed by atoms with van der Waals surface area (Å²) in [6.45, 7) is 4.19. The molecule has 0 amide bonds. The fourth-order valence-electron chi connectivity index (χ4n) is 2.57. The van der Waals surface area contributed by atoms with Gasteiger partial charge in [0, 0.05) is 50.6 Å². The number of rotatable bonds is 6. The molecule has 0 N–H and O–H groups in total. The van der Waals surface area contributed by atoms with Gasteiger partial charge in [-0.15, -0.1) is 45.3 Å². The maximum atomic E-state index is 11.1. The first-order chi connectivity index (χ1) is 15.0. The molecule has 4 aromatic rings. The summed E-state index contributed by atoms with van der Waals surface area (Å²) < 4.78 is 44.9. The molecule has 0 aliphatic heterocycles. The molecule has 0 aliphatic carbocycles. The summed E-state index contributed by atoms with van der Waals surface area (Å²) in [4.78, 5) is 6.66. The molecular formula is C20H18Cl2O4S6. The Bertz CT molecular complexity index is 1300. The molecule has 12 heteroatoms. The Morgan fingerprint density at radius 3 is 1.12 bits per heavy atom. The maximum Gasteiger partial charge on any atom is 0.270 e. The summed E-state index contributed by atoms with van der Waals surface area (Å²) in [6, 6.07) is 14.8. The summed E-state index contributed by atoms with van der Waals surface area (Å²) in [7, 11) is 3.37. The van der Waals surface area contributed by atoms with Crippen LogP contribution in [0.25, 0.3) is 19.5 Å². The largest absolute Gasteiger partial charge is 0.270 e. The van der Waals surface area contributed by atoms with E-state index >= 15 is 0 Å². The predicted molar refractivity (Wildman–Crippen MR) is 140 cm³/mol. The highest BCUT2D eigenvalue weighted by atomic mass is 35.7. The zero-order chi connectivity index (χ0) is 23.5. The summed E-state index contributed by atoms with van der Waals surface area (Å²) in [5, 5.41) is 0. The van der Waals surface area contributed by atoms with E-state index in [0.717, 1.165) is 32.4 Å². The Balaban J connectivity index is 0.000000181. The molecule has 0 spiro atoms. The van der Waals surface area contributed by atoms with Crippen LogP contribution < -0.4 is 0 Å². The number of halogens is 2. The van der Waals surface area contributed by atoms with Gasteiger partial charge in [-0.1, -0.05) is 13.8 Å². The minimum Gasteiger partial charge on any atom is -0.206 e. The molecular weight excluding hydrogens is 568 g/mol. The van der Waals surface area contributed by atoms with E-state index in [1.165, 1.54) is 32.4 Å². The molecule has 0 saturated carbocycles. The van der Waals surface area contributed by atoms with E-state index in [0.29, 0.717) is 0 Å². The van der Waals surface area contributed by atoms with Crippen molar-refractivity contribution in [1.29, 1.82) is 0 Å². The van der Waals surface area contributed by atoms with Crippen LogP contribution in [0.4, 0.5) is 0 Å². The van der Waals surface area contributed by atoms with Crippen LogP contribution in [0.15, 0.2) is 56.9 Å². The molecule has 0 bridgehead atoms. The minimum absolute atomic E-state index is 0.204. The van der Waals surface area contributed by atoms with Crippen LogP contribution in [-0.4, -0.2) is 16.8 Å². The minimum atomic E-state index is -3.59. The molecule has 0 saturated heterocycles. The van der Waals surface area contributed by atoms with Gasteiger partial charge in [0.2, 0.25) is 0 Å². The van der Waals surface area contributed by atoms with E-state index < -0.39 is 18.1 Å². The molecule has 4 rings (SSSR count). The Labute approximate surface area is 212 Å². The van der Waals surface area contributed by atoms with Crippen molar-refractivity contribution in [3.63, 3.8) is 0 Å². The molecule has 0 atom stereocenters. The van der Waals surface area contributed by atoms with Crippen LogP contribution >= 0.6 is 66.7 Å². The van der Waals surface area contributed by atoms with E-state index in [1.807, 2.05) is 12.1 Å². The second-order valence-electron chi connectivity index (χ2n) is 6.35. The number of hydrogen-bond donors (Lipinski definition) is 0. The zero-order valence-corrected chi connectivity index (χ0v) is 23.3. The van der Waals surface area contributed by atoms with Gasteiger partial charge in [-0.3, -0.25) is 0 Å². The van der Waals surface area contributed by atoms with Crippen molar-refractivity contribution in [1.82, 2.24) is 0 Å². The fraction of sp³-hybridized carbons (Fsp3) is 0.200. The van der Waals surface area contributed by atoms with Crippen LogP contribution in [0.5, 0.6) is 0 Å². The summed E-state index contributed by atoms with van der Waals surface area (Å²) in [5.74, 6) is 0. The maximum absolute atomic E-state index is 11.1. The molecule has 4 aromatic heterocycles. The molecule has 0 aromatic carbocycles. The molecule has 0 unspecified atom stereocenters. The van der Waals surface area contributed by atoms with Crippen molar-refractivity contribution in [3.05, 3.63) is 58.3 Å². The van der Waals surface area contributed by atoms with Crippen LogP contribution in [0.2, 0.25) is 0 Å². The van der Waals surface area contributed by atoms with E-state index in [2.05, 4.69) is 26.0 Å². The van der Waals surface area contributed by atoms with Crippen molar-refractivity contribution in [2.24, 2.45) is 0 Å². The van der Waals surface area contributed by atoms with Crippen LogP contribution in [0.3, 0.4) is 0 Å². The lowest BCUT2D eigenvalue weighted by molar-refractivity contribution is 0.609. The fourth-order valence-corrected chi connectivity index (χ4v) is 8.79. The highest BCUT2D eigenvalue weighted by Gasteiger charge is 2.15. The van der Waals surface area contributed by atoms with E-state index in [-0.39, 0.29) is 8.42 Å². The topological polar surface area (TPSA) is 68.3 Å². The summed E-state index contributed by atoms with van der Waals surface area (Å²) in [6.07, 6.45) is 1.99. The van der Waals surface area contributed by atoms with Gasteiger partial charge >= 0.3 is 0 Å². The van der Waals surface area contributed by atoms with Gasteiger partial charge in [0.25, 0.3) is 18.1 Å². The van der Waals surface area contributed by atoms with Gasteiger partial charge in [0.1, 0.15) is 8.42 Å². The molecule has 0 fully saturated rings. The van der Waals surface area contributed by atoms with Gasteiger partial charge in [-0.25, -0.2) is 16.8 Å². The first kappa shape index (κ1) is 25.9. The van der Waals surface area contributed by atoms with Crippen LogP contribution in [0, 0.1) is 0 Å². The standard InChI is InChI=1S/2C10H9ClO2S3/c2*1-2-7-3-4-8(14-7)9-5-6-10(15-9)16(11,12)13/h2*3-6H,2H2,1H3. The number of thiophene rings is 4. The second-order valence-corrected chi connectivity index (χ2v) is 16.4. The molecule has 172 valence electrons. The lowest BCUT2D eigenvalue weighted by Gasteiger charge is -1.89. The Hall–Kier alpha value is -0.720. The number of aryl methyl sites for hydroxylation is 2. The molecule has 4 heterocycles. The van der Waals surface area contributed by atoms with Crippen LogP contribution in [-0.2, 0) is 30.9 Å². The van der Waals surface area contributed by atoms with Crippen molar-refractivity contribution >= 4 is 84.8 Å². The molecule has 0 aliphatic rings. The molecule has 0 radical (unpaired) electrons. The monoisotopic (exact) mass is 584 g/mol. The second kappa shape index (κ2) is 10.7.